The maximum absolute atomic E-state index is 11.7. The van der Waals surface area contributed by atoms with Gasteiger partial charge in [0, 0.05) is 18.2 Å². The molecule has 2 N–H and O–H groups in total. The van der Waals surface area contributed by atoms with Crippen molar-refractivity contribution in [2.75, 3.05) is 11.9 Å². The third-order valence-electron chi connectivity index (χ3n) is 2.88. The number of nitrogens with one attached hydrogen (secondary N) is 2. The highest BCUT2D eigenvalue weighted by molar-refractivity contribution is 6.28. The summed E-state index contributed by atoms with van der Waals surface area (Å²) < 4.78 is 0. The van der Waals surface area contributed by atoms with Crippen molar-refractivity contribution in [3.63, 3.8) is 0 Å². The van der Waals surface area contributed by atoms with Crippen LogP contribution in [0.5, 0.6) is 0 Å². The first-order valence-corrected chi connectivity index (χ1v) is 7.12. The van der Waals surface area contributed by atoms with Crippen molar-refractivity contribution in [3.05, 3.63) is 41.7 Å². The zero-order valence-electron chi connectivity index (χ0n) is 11.9. The molecule has 2 rings (SSSR count). The maximum atomic E-state index is 11.7. The minimum atomic E-state index is -0.403. The largest absolute Gasteiger partial charge is 0.358 e. The lowest BCUT2D eigenvalue weighted by Gasteiger charge is -2.14. The van der Waals surface area contributed by atoms with Crippen molar-refractivity contribution in [3.8, 4) is 11.3 Å². The van der Waals surface area contributed by atoms with Crippen LogP contribution in [0, 0.1) is 0 Å². The number of rotatable bonds is 5. The third kappa shape index (κ3) is 4.16. The van der Waals surface area contributed by atoms with Gasteiger partial charge in [0.25, 0.3) is 0 Å². The number of anilines is 1. The number of halogens is 1. The molecule has 21 heavy (non-hydrogen) atoms. The molecule has 0 aliphatic heterocycles. The van der Waals surface area contributed by atoms with Crippen LogP contribution in [0.1, 0.15) is 13.8 Å². The Morgan fingerprint density at radius 1 is 1.29 bits per heavy atom. The monoisotopic (exact) mass is 304 g/mol. The third-order valence-corrected chi connectivity index (χ3v) is 3.05. The predicted molar refractivity (Wildman–Crippen MR) is 84.2 cm³/mol. The quantitative estimate of drug-likeness (QED) is 0.834. The van der Waals surface area contributed by atoms with Gasteiger partial charge in [-0.2, -0.15) is 0 Å². The zero-order chi connectivity index (χ0) is 15.2. The smallest absolute Gasteiger partial charge is 0.242 e. The van der Waals surface area contributed by atoms with Gasteiger partial charge in [-0.25, -0.2) is 9.97 Å². The van der Waals surface area contributed by atoms with Crippen LogP contribution in [0.3, 0.4) is 0 Å². The molecule has 0 saturated carbocycles. The van der Waals surface area contributed by atoms with E-state index >= 15 is 0 Å². The summed E-state index contributed by atoms with van der Waals surface area (Å²) in [5.41, 5.74) is 1.65. The van der Waals surface area contributed by atoms with Gasteiger partial charge in [-0.3, -0.25) is 4.79 Å². The Kier molecular flexibility index (Phi) is 5.11. The molecule has 0 radical (unpaired) electrons. The molecule has 2 aromatic rings. The Labute approximate surface area is 128 Å². The molecule has 1 amide bonds. The van der Waals surface area contributed by atoms with Crippen molar-refractivity contribution in [1.29, 1.82) is 0 Å². The van der Waals surface area contributed by atoms with Crippen LogP contribution in [0.4, 0.5) is 5.82 Å². The van der Waals surface area contributed by atoms with Crippen LogP contribution >= 0.6 is 11.6 Å². The summed E-state index contributed by atoms with van der Waals surface area (Å²) in [5, 5.41) is 5.92. The van der Waals surface area contributed by atoms with Crippen LogP contribution in [0.15, 0.2) is 36.4 Å². The molecule has 6 heteroatoms. The van der Waals surface area contributed by atoms with Crippen LogP contribution in [-0.4, -0.2) is 28.5 Å². The fraction of sp³-hybridized carbons (Fsp3) is 0.267. The summed E-state index contributed by atoms with van der Waals surface area (Å²) in [4.78, 5) is 20.0. The fourth-order valence-corrected chi connectivity index (χ4v) is 2.05. The summed E-state index contributed by atoms with van der Waals surface area (Å²) in [6, 6.07) is 11.0. The van der Waals surface area contributed by atoms with Gasteiger partial charge in [0.15, 0.2) is 0 Å². The van der Waals surface area contributed by atoms with E-state index in [-0.39, 0.29) is 11.2 Å². The summed E-state index contributed by atoms with van der Waals surface area (Å²) in [6.07, 6.45) is 0. The minimum absolute atomic E-state index is 0.0894. The van der Waals surface area contributed by atoms with E-state index in [9.17, 15) is 4.79 Å². The van der Waals surface area contributed by atoms with Gasteiger partial charge < -0.3 is 10.6 Å². The van der Waals surface area contributed by atoms with Crippen molar-refractivity contribution in [1.82, 2.24) is 15.3 Å². The standard InChI is InChI=1S/C15H17ClN4O/c1-3-17-14(21)10(2)18-13-9-12(19-15(16)20-13)11-7-5-4-6-8-11/h4-10H,3H2,1-2H3,(H,17,21)(H,18,19,20)/t10-/m0/s1. The van der Waals surface area contributed by atoms with Gasteiger partial charge in [-0.15, -0.1) is 0 Å². The van der Waals surface area contributed by atoms with Gasteiger partial charge in [0.05, 0.1) is 5.69 Å². The fourth-order valence-electron chi connectivity index (χ4n) is 1.86. The van der Waals surface area contributed by atoms with Gasteiger partial charge in [-0.1, -0.05) is 30.3 Å². The number of carbonyl (C=O) groups is 1. The van der Waals surface area contributed by atoms with E-state index in [0.29, 0.717) is 18.1 Å². The number of likely N-dealkylation sites (N-methyl/N-ethyl adjacent to an activating group) is 1. The maximum Gasteiger partial charge on any atom is 0.242 e. The first-order chi connectivity index (χ1) is 10.1. The highest BCUT2D eigenvalue weighted by atomic mass is 35.5. The first-order valence-electron chi connectivity index (χ1n) is 6.74. The van der Waals surface area contributed by atoms with E-state index in [1.165, 1.54) is 0 Å². The Morgan fingerprint density at radius 3 is 2.67 bits per heavy atom. The molecule has 0 spiro atoms. The van der Waals surface area contributed by atoms with Gasteiger partial charge >= 0.3 is 0 Å². The number of carbonyl (C=O) groups excluding carboxylic acids is 1. The van der Waals surface area contributed by atoms with Crippen LogP contribution < -0.4 is 10.6 Å². The summed E-state index contributed by atoms with van der Waals surface area (Å²) in [6.45, 7) is 4.23. The molecular weight excluding hydrogens is 288 g/mol. The Balaban J connectivity index is 2.22. The number of nitrogens with zero attached hydrogens (tertiary/aromatic N) is 2. The average Bonchev–Trinajstić information content (AvgIpc) is 2.47. The van der Waals surface area contributed by atoms with E-state index in [0.717, 1.165) is 5.56 Å². The second-order valence-corrected chi connectivity index (χ2v) is 4.87. The number of benzene rings is 1. The topological polar surface area (TPSA) is 66.9 Å². The van der Waals surface area contributed by atoms with Crippen LogP contribution in [0.25, 0.3) is 11.3 Å². The van der Waals surface area contributed by atoms with Gasteiger partial charge in [0.2, 0.25) is 11.2 Å². The van der Waals surface area contributed by atoms with Gasteiger partial charge in [0.1, 0.15) is 11.9 Å². The lowest BCUT2D eigenvalue weighted by atomic mass is 10.1. The molecular formula is C15H17ClN4O. The number of amides is 1. The molecule has 1 atom stereocenters. The minimum Gasteiger partial charge on any atom is -0.358 e. The van der Waals surface area contributed by atoms with E-state index < -0.39 is 6.04 Å². The molecule has 110 valence electrons. The molecule has 0 unspecified atom stereocenters. The number of hydrogen-bond acceptors (Lipinski definition) is 4. The molecule has 0 aliphatic rings. The molecule has 1 heterocycles. The lowest BCUT2D eigenvalue weighted by Crippen LogP contribution is -2.37. The second kappa shape index (κ2) is 7.04. The number of aromatic nitrogens is 2. The van der Waals surface area contributed by atoms with E-state index in [1.54, 1.807) is 13.0 Å². The molecule has 0 aliphatic carbocycles. The zero-order valence-corrected chi connectivity index (χ0v) is 12.7. The average molecular weight is 305 g/mol. The van der Waals surface area contributed by atoms with Crippen molar-refractivity contribution in [2.24, 2.45) is 0 Å². The SMILES string of the molecule is CCNC(=O)[C@H](C)Nc1cc(-c2ccccc2)nc(Cl)n1. The van der Waals surface area contributed by atoms with Crippen molar-refractivity contribution < 1.29 is 4.79 Å². The molecule has 0 fully saturated rings. The molecule has 0 bridgehead atoms. The highest BCUT2D eigenvalue weighted by Gasteiger charge is 2.13. The summed E-state index contributed by atoms with van der Waals surface area (Å²) >= 11 is 5.96. The summed E-state index contributed by atoms with van der Waals surface area (Å²) in [5.74, 6) is 0.432. The molecule has 5 nitrogen and oxygen atoms in total. The Hall–Kier alpha value is -2.14. The summed E-state index contributed by atoms with van der Waals surface area (Å²) in [7, 11) is 0. The lowest BCUT2D eigenvalue weighted by molar-refractivity contribution is -0.121. The van der Waals surface area contributed by atoms with Crippen LogP contribution in [-0.2, 0) is 4.79 Å². The van der Waals surface area contributed by atoms with Crippen molar-refractivity contribution >= 4 is 23.3 Å². The van der Waals surface area contributed by atoms with E-state index in [1.807, 2.05) is 37.3 Å². The van der Waals surface area contributed by atoms with Gasteiger partial charge in [-0.05, 0) is 25.4 Å². The molecule has 0 saturated heterocycles. The van der Waals surface area contributed by atoms with Crippen LogP contribution in [0.2, 0.25) is 5.28 Å². The predicted octanol–water partition coefficient (Wildman–Crippen LogP) is 2.73. The molecule has 1 aromatic heterocycles. The van der Waals surface area contributed by atoms with E-state index in [2.05, 4.69) is 20.6 Å². The Bertz CT molecular complexity index is 618. The van der Waals surface area contributed by atoms with E-state index in [4.69, 9.17) is 11.6 Å². The number of hydrogen-bond donors (Lipinski definition) is 2. The normalized spacial score (nSPS) is 11.8. The second-order valence-electron chi connectivity index (χ2n) is 4.53. The molecule has 1 aromatic carbocycles. The first kappa shape index (κ1) is 15.3. The van der Waals surface area contributed by atoms with Crippen molar-refractivity contribution in [2.45, 2.75) is 19.9 Å². The highest BCUT2D eigenvalue weighted by Crippen LogP contribution is 2.21. The Morgan fingerprint density at radius 2 is 2.00 bits per heavy atom.